The Morgan fingerprint density at radius 1 is 1.56 bits per heavy atom. The van der Waals surface area contributed by atoms with E-state index >= 15 is 0 Å². The maximum Gasteiger partial charge on any atom is 0.309 e. The van der Waals surface area contributed by atoms with Gasteiger partial charge in [-0.05, 0) is 12.1 Å². The lowest BCUT2D eigenvalue weighted by atomic mass is 10.0. The molecule has 18 heavy (non-hydrogen) atoms. The molecule has 1 aliphatic rings. The summed E-state index contributed by atoms with van der Waals surface area (Å²) in [5.74, 6) is 0.369. The van der Waals surface area contributed by atoms with Gasteiger partial charge in [-0.3, -0.25) is 9.69 Å². The summed E-state index contributed by atoms with van der Waals surface area (Å²) in [5.41, 5.74) is 0. The second-order valence-corrected chi connectivity index (χ2v) is 4.22. The number of aliphatic carboxylic acids is 1. The number of hydrogen-bond donors (Lipinski definition) is 1. The molecule has 0 radical (unpaired) electrons. The molecular weight excluding hydrogens is 238 g/mol. The number of carboxylic acids is 1. The highest BCUT2D eigenvalue weighted by atomic mass is 16.5. The van der Waals surface area contributed by atoms with Crippen molar-refractivity contribution >= 4 is 5.97 Å². The predicted octanol–water partition coefficient (Wildman–Crippen LogP) is 0.846. The number of furan rings is 1. The zero-order chi connectivity index (χ0) is 12.5. The molecule has 1 saturated heterocycles. The van der Waals surface area contributed by atoms with Crippen LogP contribution < -0.4 is 0 Å². The first-order chi connectivity index (χ1) is 8.72. The van der Waals surface area contributed by atoms with Gasteiger partial charge in [0.2, 0.25) is 0 Å². The van der Waals surface area contributed by atoms with Gasteiger partial charge in [0.05, 0.1) is 18.7 Å². The fourth-order valence-electron chi connectivity index (χ4n) is 1.87. The third-order valence-electron chi connectivity index (χ3n) is 2.87. The van der Waals surface area contributed by atoms with E-state index in [1.54, 1.807) is 12.1 Å². The van der Waals surface area contributed by atoms with E-state index in [2.05, 4.69) is 10.1 Å². The predicted molar refractivity (Wildman–Crippen MR) is 58.4 cm³/mol. The molecule has 7 nitrogen and oxygen atoms in total. The Morgan fingerprint density at radius 2 is 2.39 bits per heavy atom. The van der Waals surface area contributed by atoms with Crippen LogP contribution in [-0.4, -0.2) is 39.2 Å². The first-order valence-corrected chi connectivity index (χ1v) is 5.54. The summed E-state index contributed by atoms with van der Waals surface area (Å²) in [6.07, 6.45) is 1.53. The molecule has 94 valence electrons. The SMILES string of the molecule is O=C(O)C1CN(Cc2noc(-c3ccco3)n2)C1. The van der Waals surface area contributed by atoms with Gasteiger partial charge in [0.1, 0.15) is 0 Å². The van der Waals surface area contributed by atoms with Gasteiger partial charge in [-0.1, -0.05) is 5.16 Å². The minimum absolute atomic E-state index is 0.276. The fourth-order valence-corrected chi connectivity index (χ4v) is 1.87. The minimum Gasteiger partial charge on any atom is -0.481 e. The van der Waals surface area contributed by atoms with Crippen LogP contribution in [0.15, 0.2) is 27.3 Å². The van der Waals surface area contributed by atoms with Crippen molar-refractivity contribution in [3.63, 3.8) is 0 Å². The van der Waals surface area contributed by atoms with Crippen LogP contribution in [0.25, 0.3) is 11.7 Å². The number of hydrogen-bond acceptors (Lipinski definition) is 6. The Bertz CT molecular complexity index is 542. The highest BCUT2D eigenvalue weighted by Gasteiger charge is 2.33. The molecule has 1 N–H and O–H groups in total. The van der Waals surface area contributed by atoms with E-state index < -0.39 is 5.97 Å². The lowest BCUT2D eigenvalue weighted by Crippen LogP contribution is -2.49. The van der Waals surface area contributed by atoms with Crippen molar-refractivity contribution in [2.75, 3.05) is 13.1 Å². The highest BCUT2D eigenvalue weighted by Crippen LogP contribution is 2.20. The third-order valence-corrected chi connectivity index (χ3v) is 2.87. The van der Waals surface area contributed by atoms with Crippen molar-refractivity contribution in [3.05, 3.63) is 24.2 Å². The van der Waals surface area contributed by atoms with E-state index in [0.717, 1.165) is 0 Å². The molecule has 7 heteroatoms. The van der Waals surface area contributed by atoms with Crippen LogP contribution in [0, 0.1) is 5.92 Å². The van der Waals surface area contributed by atoms with E-state index in [4.69, 9.17) is 14.0 Å². The molecule has 0 saturated carbocycles. The van der Waals surface area contributed by atoms with Crippen molar-refractivity contribution in [2.24, 2.45) is 5.92 Å². The van der Waals surface area contributed by atoms with Crippen LogP contribution in [-0.2, 0) is 11.3 Å². The quantitative estimate of drug-likeness (QED) is 0.858. The number of aromatic nitrogens is 2. The Hall–Kier alpha value is -2.15. The van der Waals surface area contributed by atoms with E-state index in [9.17, 15) is 4.79 Å². The summed E-state index contributed by atoms with van der Waals surface area (Å²) in [7, 11) is 0. The summed E-state index contributed by atoms with van der Waals surface area (Å²) in [4.78, 5) is 16.8. The van der Waals surface area contributed by atoms with Gasteiger partial charge in [0.25, 0.3) is 5.89 Å². The second-order valence-electron chi connectivity index (χ2n) is 4.22. The molecule has 0 bridgehead atoms. The van der Waals surface area contributed by atoms with Crippen LogP contribution in [0.2, 0.25) is 0 Å². The molecule has 0 atom stereocenters. The number of carboxylic acid groups (broad SMARTS) is 1. The first-order valence-electron chi connectivity index (χ1n) is 5.54. The number of carbonyl (C=O) groups is 1. The molecular formula is C11H11N3O4. The number of likely N-dealkylation sites (tertiary alicyclic amines) is 1. The van der Waals surface area contributed by atoms with Gasteiger partial charge in [0.15, 0.2) is 11.6 Å². The molecule has 3 heterocycles. The van der Waals surface area contributed by atoms with Crippen molar-refractivity contribution in [1.29, 1.82) is 0 Å². The fraction of sp³-hybridized carbons (Fsp3) is 0.364. The Labute approximate surface area is 102 Å². The molecule has 1 fully saturated rings. The van der Waals surface area contributed by atoms with Crippen LogP contribution in [0.3, 0.4) is 0 Å². The molecule has 0 spiro atoms. The summed E-state index contributed by atoms with van der Waals surface area (Å²) in [6, 6.07) is 3.48. The van der Waals surface area contributed by atoms with E-state index in [-0.39, 0.29) is 5.92 Å². The molecule has 1 aliphatic heterocycles. The molecule has 2 aromatic rings. The molecule has 2 aromatic heterocycles. The minimum atomic E-state index is -0.754. The molecule has 0 unspecified atom stereocenters. The van der Waals surface area contributed by atoms with E-state index in [1.165, 1.54) is 6.26 Å². The first kappa shape index (κ1) is 11.0. The lowest BCUT2D eigenvalue weighted by molar-refractivity contribution is -0.147. The highest BCUT2D eigenvalue weighted by molar-refractivity contribution is 5.71. The van der Waals surface area contributed by atoms with Crippen molar-refractivity contribution in [1.82, 2.24) is 15.0 Å². The van der Waals surface area contributed by atoms with Gasteiger partial charge < -0.3 is 14.0 Å². The van der Waals surface area contributed by atoms with E-state index in [1.807, 2.05) is 4.90 Å². The molecule has 0 aliphatic carbocycles. The summed E-state index contributed by atoms with van der Waals surface area (Å²) >= 11 is 0. The van der Waals surface area contributed by atoms with Crippen LogP contribution in [0.1, 0.15) is 5.82 Å². The smallest absolute Gasteiger partial charge is 0.309 e. The normalized spacial score (nSPS) is 16.7. The van der Waals surface area contributed by atoms with Crippen molar-refractivity contribution in [2.45, 2.75) is 6.54 Å². The number of nitrogens with zero attached hydrogens (tertiary/aromatic N) is 3. The van der Waals surface area contributed by atoms with Gasteiger partial charge in [-0.25, -0.2) is 0 Å². The largest absolute Gasteiger partial charge is 0.481 e. The number of rotatable bonds is 4. The van der Waals surface area contributed by atoms with Crippen LogP contribution >= 0.6 is 0 Å². The zero-order valence-corrected chi connectivity index (χ0v) is 9.44. The van der Waals surface area contributed by atoms with Gasteiger partial charge >= 0.3 is 5.97 Å². The van der Waals surface area contributed by atoms with Crippen molar-refractivity contribution < 1.29 is 18.8 Å². The van der Waals surface area contributed by atoms with Crippen molar-refractivity contribution in [3.8, 4) is 11.7 Å². The molecule has 0 aromatic carbocycles. The summed E-state index contributed by atoms with van der Waals surface area (Å²) in [5, 5.41) is 12.6. The maximum absolute atomic E-state index is 10.7. The Kier molecular flexibility index (Phi) is 2.60. The standard InChI is InChI=1S/C11H11N3O4/c15-11(16)7-4-14(5-7)6-9-12-10(18-13-9)8-2-1-3-17-8/h1-3,7H,4-6H2,(H,15,16). The van der Waals surface area contributed by atoms with Gasteiger partial charge in [-0.15, -0.1) is 0 Å². The van der Waals surface area contributed by atoms with Crippen LogP contribution in [0.4, 0.5) is 0 Å². The van der Waals surface area contributed by atoms with Gasteiger partial charge in [-0.2, -0.15) is 4.98 Å². The monoisotopic (exact) mass is 249 g/mol. The lowest BCUT2D eigenvalue weighted by Gasteiger charge is -2.35. The van der Waals surface area contributed by atoms with E-state index in [0.29, 0.717) is 37.1 Å². The third kappa shape index (κ3) is 2.00. The average Bonchev–Trinajstić information content (AvgIpc) is 2.92. The molecule has 0 amide bonds. The average molecular weight is 249 g/mol. The summed E-state index contributed by atoms with van der Waals surface area (Å²) in [6.45, 7) is 1.55. The second kappa shape index (κ2) is 4.26. The topological polar surface area (TPSA) is 92.6 Å². The molecule has 3 rings (SSSR count). The zero-order valence-electron chi connectivity index (χ0n) is 9.44. The Balaban J connectivity index is 1.60. The van der Waals surface area contributed by atoms with Gasteiger partial charge in [0, 0.05) is 13.1 Å². The Morgan fingerprint density at radius 3 is 3.06 bits per heavy atom. The van der Waals surface area contributed by atoms with Crippen LogP contribution in [0.5, 0.6) is 0 Å². The summed E-state index contributed by atoms with van der Waals surface area (Å²) < 4.78 is 10.2. The maximum atomic E-state index is 10.7.